The molecule has 1 unspecified atom stereocenters. The lowest BCUT2D eigenvalue weighted by Crippen LogP contribution is -2.30. The molecule has 0 amide bonds. The third-order valence-corrected chi connectivity index (χ3v) is 13.2. The van der Waals surface area contributed by atoms with Crippen LogP contribution in [0.2, 0.25) is 0 Å². The summed E-state index contributed by atoms with van der Waals surface area (Å²) in [5, 5.41) is 0. The molecule has 0 fully saturated rings. The largest absolute Gasteiger partial charge is 0.462 e. The van der Waals surface area contributed by atoms with Gasteiger partial charge in [-0.2, -0.15) is 0 Å². The SMILES string of the molecule is CC/C=C\C/C=C\C/C=C\C/C=C\C/C=C\C/C=C\C/C=C\C/C=C\C/C=C\CCCCCCCCCC(=O)OCC(COC(=O)CCCCCCCCC)OC(=O)CCCCCCC/C=C\C/C=C\C/C=C\C/C=C\C/C=C\CC. The van der Waals surface area contributed by atoms with Crippen molar-refractivity contribution in [1.29, 1.82) is 0 Å². The van der Waals surface area contributed by atoms with E-state index in [1.165, 1.54) is 51.4 Å². The van der Waals surface area contributed by atoms with E-state index in [1.54, 1.807) is 0 Å². The number of carbonyl (C=O) groups excluding carboxylic acids is 3. The Bertz CT molecular complexity index is 1860. The van der Waals surface area contributed by atoms with Crippen molar-refractivity contribution in [1.82, 2.24) is 0 Å². The maximum absolute atomic E-state index is 12.9. The monoisotopic (exact) mass is 1110 g/mol. The third kappa shape index (κ3) is 65.5. The second kappa shape index (κ2) is 67.3. The van der Waals surface area contributed by atoms with Gasteiger partial charge in [0.25, 0.3) is 0 Å². The minimum absolute atomic E-state index is 0.0951. The lowest BCUT2D eigenvalue weighted by atomic mass is 10.1. The van der Waals surface area contributed by atoms with Gasteiger partial charge in [-0.05, 0) is 135 Å². The Morgan fingerprint density at radius 1 is 0.259 bits per heavy atom. The molecular formula is C75H118O6. The van der Waals surface area contributed by atoms with E-state index in [2.05, 4.69) is 191 Å². The van der Waals surface area contributed by atoms with Gasteiger partial charge in [0.1, 0.15) is 13.2 Å². The number of ether oxygens (including phenoxy) is 3. The highest BCUT2D eigenvalue weighted by Crippen LogP contribution is 2.14. The molecular weight excluding hydrogens is 997 g/mol. The van der Waals surface area contributed by atoms with Gasteiger partial charge < -0.3 is 14.2 Å². The number of carbonyl (C=O) groups is 3. The van der Waals surface area contributed by atoms with Crippen LogP contribution in [0.1, 0.15) is 265 Å². The maximum atomic E-state index is 12.9. The summed E-state index contributed by atoms with van der Waals surface area (Å²) in [4.78, 5) is 38.1. The van der Waals surface area contributed by atoms with Crippen molar-refractivity contribution in [3.8, 4) is 0 Å². The third-order valence-electron chi connectivity index (χ3n) is 13.2. The molecule has 0 saturated carbocycles. The first-order valence-corrected chi connectivity index (χ1v) is 32.6. The van der Waals surface area contributed by atoms with Crippen LogP contribution < -0.4 is 0 Å². The molecule has 81 heavy (non-hydrogen) atoms. The van der Waals surface area contributed by atoms with E-state index >= 15 is 0 Å². The summed E-state index contributed by atoms with van der Waals surface area (Å²) < 4.78 is 16.8. The number of unbranched alkanes of at least 4 members (excludes halogenated alkanes) is 18. The first-order chi connectivity index (χ1) is 40.0. The van der Waals surface area contributed by atoms with E-state index in [0.29, 0.717) is 19.3 Å². The Morgan fingerprint density at radius 3 is 0.753 bits per heavy atom. The topological polar surface area (TPSA) is 78.9 Å². The average Bonchev–Trinajstić information content (AvgIpc) is 3.47. The molecule has 454 valence electrons. The fraction of sp³-hybridized carbons (Fsp3) is 0.587. The van der Waals surface area contributed by atoms with Crippen molar-refractivity contribution in [2.24, 2.45) is 0 Å². The summed E-state index contributed by atoms with van der Waals surface area (Å²) in [5.41, 5.74) is 0. The van der Waals surface area contributed by atoms with E-state index < -0.39 is 6.10 Å². The van der Waals surface area contributed by atoms with Gasteiger partial charge in [-0.15, -0.1) is 0 Å². The Balaban J connectivity index is 4.21. The second-order valence-corrected chi connectivity index (χ2v) is 20.9. The zero-order valence-corrected chi connectivity index (χ0v) is 52.0. The lowest BCUT2D eigenvalue weighted by molar-refractivity contribution is -0.167. The first kappa shape index (κ1) is 75.8. The van der Waals surface area contributed by atoms with Crippen LogP contribution in [0.5, 0.6) is 0 Å². The van der Waals surface area contributed by atoms with Gasteiger partial charge in [0.15, 0.2) is 6.10 Å². The summed E-state index contributed by atoms with van der Waals surface area (Å²) in [5.74, 6) is -0.938. The second-order valence-electron chi connectivity index (χ2n) is 20.9. The van der Waals surface area contributed by atoms with Gasteiger partial charge in [-0.25, -0.2) is 0 Å². The fourth-order valence-corrected chi connectivity index (χ4v) is 8.40. The summed E-state index contributed by atoms with van der Waals surface area (Å²) in [6.07, 6.45) is 99.5. The molecule has 0 aromatic carbocycles. The van der Waals surface area contributed by atoms with Crippen LogP contribution in [-0.2, 0) is 28.6 Å². The molecule has 0 aromatic rings. The van der Waals surface area contributed by atoms with Crippen LogP contribution in [0.3, 0.4) is 0 Å². The summed E-state index contributed by atoms with van der Waals surface area (Å²) in [6, 6.07) is 0. The predicted octanol–water partition coefficient (Wildman–Crippen LogP) is 22.7. The first-order valence-electron chi connectivity index (χ1n) is 32.6. The summed E-state index contributed by atoms with van der Waals surface area (Å²) >= 11 is 0. The molecule has 0 N–H and O–H groups in total. The average molecular weight is 1120 g/mol. The van der Waals surface area contributed by atoms with E-state index in [-0.39, 0.29) is 31.1 Å². The van der Waals surface area contributed by atoms with E-state index in [4.69, 9.17) is 14.2 Å². The van der Waals surface area contributed by atoms with Crippen molar-refractivity contribution >= 4 is 17.9 Å². The van der Waals surface area contributed by atoms with E-state index in [1.807, 2.05) is 0 Å². The van der Waals surface area contributed by atoms with Crippen LogP contribution in [0, 0.1) is 0 Å². The number of hydrogen-bond acceptors (Lipinski definition) is 6. The summed E-state index contributed by atoms with van der Waals surface area (Å²) in [6.45, 7) is 6.33. The van der Waals surface area contributed by atoms with Crippen molar-refractivity contribution in [2.45, 2.75) is 271 Å². The van der Waals surface area contributed by atoms with Gasteiger partial charge in [0.2, 0.25) is 0 Å². The molecule has 0 aromatic heterocycles. The Kier molecular flexibility index (Phi) is 62.9. The van der Waals surface area contributed by atoms with Crippen LogP contribution in [-0.4, -0.2) is 37.2 Å². The number of allylic oxidation sites excluding steroid dienone is 28. The van der Waals surface area contributed by atoms with Crippen molar-refractivity contribution in [3.05, 3.63) is 170 Å². The van der Waals surface area contributed by atoms with Crippen LogP contribution >= 0.6 is 0 Å². The number of esters is 3. The highest BCUT2D eigenvalue weighted by Gasteiger charge is 2.19. The van der Waals surface area contributed by atoms with Crippen molar-refractivity contribution in [2.75, 3.05) is 13.2 Å². The molecule has 0 bridgehead atoms. The minimum Gasteiger partial charge on any atom is -0.462 e. The van der Waals surface area contributed by atoms with Gasteiger partial charge in [-0.3, -0.25) is 14.4 Å². The zero-order chi connectivity index (χ0) is 58.5. The molecule has 0 aliphatic heterocycles. The molecule has 0 radical (unpaired) electrons. The quantitative estimate of drug-likeness (QED) is 0.0261. The predicted molar refractivity (Wildman–Crippen MR) is 352 cm³/mol. The van der Waals surface area contributed by atoms with Crippen molar-refractivity contribution in [3.63, 3.8) is 0 Å². The molecule has 0 aliphatic rings. The Morgan fingerprint density at radius 2 is 0.481 bits per heavy atom. The smallest absolute Gasteiger partial charge is 0.306 e. The molecule has 0 saturated heterocycles. The highest BCUT2D eigenvalue weighted by molar-refractivity contribution is 5.71. The van der Waals surface area contributed by atoms with Gasteiger partial charge >= 0.3 is 17.9 Å². The lowest BCUT2D eigenvalue weighted by Gasteiger charge is -2.18. The minimum atomic E-state index is -0.799. The van der Waals surface area contributed by atoms with E-state index in [9.17, 15) is 14.4 Å². The zero-order valence-electron chi connectivity index (χ0n) is 52.0. The number of hydrogen-bond donors (Lipinski definition) is 0. The Hall–Kier alpha value is -5.23. The van der Waals surface area contributed by atoms with Gasteiger partial charge in [0, 0.05) is 19.3 Å². The van der Waals surface area contributed by atoms with Crippen LogP contribution in [0.25, 0.3) is 0 Å². The standard InChI is InChI=1S/C75H118O6/c1-4-7-10-13-16-18-20-22-24-26-28-30-31-32-33-34-35-36-37-38-39-40-41-42-43-45-46-48-50-52-54-56-59-62-65-68-74(77)80-71-72(70-79-73(76)67-64-61-58-15-12-9-6-3)81-75(78)69-66-63-60-57-55-53-51-49-47-44-29-27-25-23-21-19-17-14-11-8-5-2/h7-8,10-11,16-19,22-25,28-30,32-33,35-36,38-39,41-42,44-46,49,51,72H,4-6,9,12-15,20-21,26-27,31,34,37,40,43,47-48,50,52-71H2,1-3H3/b10-7-,11-8-,18-16-,19-17-,24-22-,25-23-,30-28-,33-32-,36-35-,39-38-,42-41-,44-29-,46-45-,51-49-. The molecule has 6 nitrogen and oxygen atoms in total. The Labute approximate surface area is 498 Å². The highest BCUT2D eigenvalue weighted by atomic mass is 16.6. The molecule has 0 heterocycles. The molecule has 0 spiro atoms. The fourth-order valence-electron chi connectivity index (χ4n) is 8.40. The molecule has 6 heteroatoms. The van der Waals surface area contributed by atoms with Crippen LogP contribution in [0.4, 0.5) is 0 Å². The molecule has 0 rings (SSSR count). The molecule has 0 aliphatic carbocycles. The molecule has 1 atom stereocenters. The van der Waals surface area contributed by atoms with Gasteiger partial charge in [0.05, 0.1) is 0 Å². The van der Waals surface area contributed by atoms with E-state index in [0.717, 1.165) is 173 Å². The van der Waals surface area contributed by atoms with Crippen LogP contribution in [0.15, 0.2) is 170 Å². The normalized spacial score (nSPS) is 13.3. The summed E-state index contributed by atoms with van der Waals surface area (Å²) in [7, 11) is 0. The maximum Gasteiger partial charge on any atom is 0.306 e. The van der Waals surface area contributed by atoms with Crippen molar-refractivity contribution < 1.29 is 28.6 Å². The number of rotatable bonds is 57. The van der Waals surface area contributed by atoms with Gasteiger partial charge in [-0.1, -0.05) is 281 Å².